The van der Waals surface area contributed by atoms with Crippen LogP contribution in [0.3, 0.4) is 0 Å². The Bertz CT molecular complexity index is 918. The third-order valence-electron chi connectivity index (χ3n) is 4.84. The second-order valence-corrected chi connectivity index (χ2v) is 7.58. The van der Waals surface area contributed by atoms with Gasteiger partial charge < -0.3 is 20.1 Å². The predicted octanol–water partition coefficient (Wildman–Crippen LogP) is 3.18. The van der Waals surface area contributed by atoms with Crippen molar-refractivity contribution in [2.75, 3.05) is 12.4 Å². The quantitative estimate of drug-likeness (QED) is 0.696. The van der Waals surface area contributed by atoms with Crippen molar-refractivity contribution in [3.63, 3.8) is 0 Å². The molecule has 0 aromatic heterocycles. The average molecular weight is 432 g/mol. The normalized spacial score (nSPS) is 25.4. The summed E-state index contributed by atoms with van der Waals surface area (Å²) in [5, 5.41) is 8.51. The summed E-state index contributed by atoms with van der Waals surface area (Å²) in [7, 11) is 1.58. The van der Waals surface area contributed by atoms with Crippen LogP contribution in [0, 0.1) is 5.92 Å². The molecule has 0 radical (unpaired) electrons. The lowest BCUT2D eigenvalue weighted by Crippen LogP contribution is -2.70. The van der Waals surface area contributed by atoms with Gasteiger partial charge in [-0.15, -0.1) is 0 Å². The second kappa shape index (κ2) is 6.45. The highest BCUT2D eigenvalue weighted by molar-refractivity contribution is 9.10. The lowest BCUT2D eigenvalue weighted by Gasteiger charge is -2.49. The summed E-state index contributed by atoms with van der Waals surface area (Å²) in [6.45, 7) is 1.71. The Morgan fingerprint density at radius 3 is 2.70 bits per heavy atom. The molecule has 3 N–H and O–H groups in total. The minimum atomic E-state index is -1.16. The molecule has 3 amide bonds. The second-order valence-electron chi connectivity index (χ2n) is 6.66. The first-order valence-electron chi connectivity index (χ1n) is 8.42. The van der Waals surface area contributed by atoms with Gasteiger partial charge in [-0.25, -0.2) is 4.79 Å². The Labute approximate surface area is 164 Å². The van der Waals surface area contributed by atoms with Gasteiger partial charge in [0.1, 0.15) is 17.4 Å². The molecule has 3 atom stereocenters. The molecule has 0 saturated carbocycles. The number of amides is 3. The Balaban J connectivity index is 1.68. The van der Waals surface area contributed by atoms with Gasteiger partial charge in [0.15, 0.2) is 5.72 Å². The first-order valence-corrected chi connectivity index (χ1v) is 9.21. The number of benzene rings is 2. The van der Waals surface area contributed by atoms with E-state index >= 15 is 0 Å². The predicted molar refractivity (Wildman–Crippen MR) is 103 cm³/mol. The van der Waals surface area contributed by atoms with Crippen LogP contribution in [0.5, 0.6) is 11.5 Å². The molecule has 0 unspecified atom stereocenters. The van der Waals surface area contributed by atoms with Crippen LogP contribution in [-0.4, -0.2) is 24.8 Å². The summed E-state index contributed by atoms with van der Waals surface area (Å²) in [6.07, 6.45) is 0. The monoisotopic (exact) mass is 431 g/mol. The summed E-state index contributed by atoms with van der Waals surface area (Å²) in [5.41, 5.74) is 0.227. The number of halogens is 1. The molecule has 2 aromatic rings. The summed E-state index contributed by atoms with van der Waals surface area (Å²) in [4.78, 5) is 25.2. The van der Waals surface area contributed by atoms with Gasteiger partial charge in [0.25, 0.3) is 0 Å². The zero-order chi connectivity index (χ0) is 19.2. The van der Waals surface area contributed by atoms with Gasteiger partial charge in [-0.2, -0.15) is 0 Å². The molecule has 27 heavy (non-hydrogen) atoms. The van der Waals surface area contributed by atoms with Gasteiger partial charge in [-0.1, -0.05) is 15.9 Å². The molecule has 2 aliphatic heterocycles. The van der Waals surface area contributed by atoms with Crippen LogP contribution in [0.25, 0.3) is 0 Å². The maximum absolute atomic E-state index is 13.1. The molecule has 1 saturated heterocycles. The minimum absolute atomic E-state index is 0.259. The van der Waals surface area contributed by atoms with Crippen LogP contribution in [-0.2, 0) is 4.79 Å². The van der Waals surface area contributed by atoms with Crippen LogP contribution < -0.4 is 25.4 Å². The summed E-state index contributed by atoms with van der Waals surface area (Å²) < 4.78 is 12.0. The van der Waals surface area contributed by atoms with Crippen molar-refractivity contribution in [3.8, 4) is 11.5 Å². The highest BCUT2D eigenvalue weighted by Gasteiger charge is 2.55. The third kappa shape index (κ3) is 3.10. The fourth-order valence-electron chi connectivity index (χ4n) is 3.61. The van der Waals surface area contributed by atoms with E-state index in [0.717, 1.165) is 10.0 Å². The van der Waals surface area contributed by atoms with E-state index in [4.69, 9.17) is 9.47 Å². The molecule has 2 aliphatic rings. The number of carbonyl (C=O) groups is 2. The number of ether oxygens (including phenoxy) is 2. The Kier molecular flexibility index (Phi) is 4.22. The fraction of sp³-hybridized carbons (Fsp3) is 0.263. The lowest BCUT2D eigenvalue weighted by atomic mass is 9.80. The van der Waals surface area contributed by atoms with E-state index in [-0.39, 0.29) is 11.9 Å². The van der Waals surface area contributed by atoms with Crippen molar-refractivity contribution in [1.29, 1.82) is 0 Å². The largest absolute Gasteiger partial charge is 0.497 e. The molecule has 0 spiro atoms. The third-order valence-corrected chi connectivity index (χ3v) is 5.34. The van der Waals surface area contributed by atoms with Crippen molar-refractivity contribution in [1.82, 2.24) is 10.6 Å². The van der Waals surface area contributed by atoms with E-state index in [1.54, 1.807) is 38.3 Å². The zero-order valence-electron chi connectivity index (χ0n) is 14.7. The number of hydrogen-bond donors (Lipinski definition) is 3. The van der Waals surface area contributed by atoms with Gasteiger partial charge >= 0.3 is 6.03 Å². The van der Waals surface area contributed by atoms with E-state index < -0.39 is 17.7 Å². The van der Waals surface area contributed by atoms with Crippen molar-refractivity contribution in [3.05, 3.63) is 52.5 Å². The molecule has 8 heteroatoms. The first kappa shape index (κ1) is 17.7. The van der Waals surface area contributed by atoms with Crippen molar-refractivity contribution < 1.29 is 19.1 Å². The van der Waals surface area contributed by atoms with E-state index in [1.165, 1.54) is 0 Å². The Morgan fingerprint density at radius 2 is 2.00 bits per heavy atom. The average Bonchev–Trinajstić information content (AvgIpc) is 2.62. The lowest BCUT2D eigenvalue weighted by molar-refractivity contribution is -0.133. The zero-order valence-corrected chi connectivity index (χ0v) is 16.3. The van der Waals surface area contributed by atoms with Crippen LogP contribution in [0.2, 0.25) is 0 Å². The molecule has 7 nitrogen and oxygen atoms in total. The molecule has 2 bridgehead atoms. The highest BCUT2D eigenvalue weighted by Crippen LogP contribution is 2.45. The molecular weight excluding hydrogens is 414 g/mol. The molecule has 4 rings (SSSR count). The van der Waals surface area contributed by atoms with E-state index in [2.05, 4.69) is 31.9 Å². The molecule has 0 aliphatic carbocycles. The van der Waals surface area contributed by atoms with E-state index in [1.807, 2.05) is 18.2 Å². The number of hydrogen-bond acceptors (Lipinski definition) is 4. The summed E-state index contributed by atoms with van der Waals surface area (Å²) in [5.74, 6) is 0.405. The van der Waals surface area contributed by atoms with E-state index in [9.17, 15) is 9.59 Å². The number of rotatable bonds is 3. The fourth-order valence-corrected chi connectivity index (χ4v) is 3.99. The van der Waals surface area contributed by atoms with E-state index in [0.29, 0.717) is 17.2 Å². The maximum atomic E-state index is 13.1. The van der Waals surface area contributed by atoms with Crippen LogP contribution in [0.15, 0.2) is 46.9 Å². The van der Waals surface area contributed by atoms with Crippen LogP contribution in [0.4, 0.5) is 10.5 Å². The van der Waals surface area contributed by atoms with Gasteiger partial charge in [-0.3, -0.25) is 10.1 Å². The molecule has 140 valence electrons. The van der Waals surface area contributed by atoms with Crippen molar-refractivity contribution in [2.24, 2.45) is 5.92 Å². The van der Waals surface area contributed by atoms with Gasteiger partial charge in [-0.05, 0) is 49.4 Å². The Morgan fingerprint density at radius 1 is 1.26 bits per heavy atom. The first-order chi connectivity index (χ1) is 12.9. The SMILES string of the molecule is COc1ccc(NC(=O)[C@@H]2[C@H]3NC(=O)N[C@@]2(C)Oc2ccc(Br)cc23)cc1. The van der Waals surface area contributed by atoms with Crippen molar-refractivity contribution >= 4 is 33.6 Å². The Hall–Kier alpha value is -2.74. The van der Waals surface area contributed by atoms with Gasteiger partial charge in [0, 0.05) is 15.7 Å². The van der Waals surface area contributed by atoms with Crippen molar-refractivity contribution in [2.45, 2.75) is 18.7 Å². The number of carbonyl (C=O) groups excluding carboxylic acids is 2. The van der Waals surface area contributed by atoms with Gasteiger partial charge in [0.2, 0.25) is 5.91 Å². The number of urea groups is 1. The maximum Gasteiger partial charge on any atom is 0.318 e. The van der Waals surface area contributed by atoms with Crippen LogP contribution in [0.1, 0.15) is 18.5 Å². The topological polar surface area (TPSA) is 88.7 Å². The number of methoxy groups -OCH3 is 1. The highest BCUT2D eigenvalue weighted by atomic mass is 79.9. The summed E-state index contributed by atoms with van der Waals surface area (Å²) >= 11 is 3.44. The molecule has 2 aromatic carbocycles. The molecular formula is C19H18BrN3O4. The molecule has 1 fully saturated rings. The number of anilines is 1. The minimum Gasteiger partial charge on any atom is -0.497 e. The standard InChI is InChI=1S/C19H18BrN3O4/c1-19-15(17(24)21-11-4-6-12(26-2)7-5-11)16(22-18(25)23-19)13-9-10(20)3-8-14(13)27-19/h3-9,15-16H,1-2H3,(H,21,24)(H2,22,23,25)/t15-,16-,19-/m0/s1. The molecule has 2 heterocycles. The summed E-state index contributed by atoms with van der Waals surface area (Å²) in [6, 6.07) is 11.7. The smallest absolute Gasteiger partial charge is 0.318 e. The van der Waals surface area contributed by atoms with Crippen LogP contribution >= 0.6 is 15.9 Å². The number of fused-ring (bicyclic) bond motifs is 4. The number of nitrogens with one attached hydrogen (secondary N) is 3. The van der Waals surface area contributed by atoms with Gasteiger partial charge in [0.05, 0.1) is 13.2 Å².